The highest BCUT2D eigenvalue weighted by atomic mass is 32.2. The minimum Gasteiger partial charge on any atom is -0.382 e. The molecule has 0 saturated heterocycles. The number of nitrogens with one attached hydrogen (secondary N) is 1. The number of nitriles is 1. The molecule has 0 atom stereocenters. The number of carbonyl (C=O) groups is 1. The van der Waals surface area contributed by atoms with Gasteiger partial charge in [-0.2, -0.15) is 5.26 Å². The lowest BCUT2D eigenvalue weighted by molar-refractivity contribution is -0.113. The number of amides is 1. The summed E-state index contributed by atoms with van der Waals surface area (Å²) in [6.07, 6.45) is 0.675. The first kappa shape index (κ1) is 21.6. The van der Waals surface area contributed by atoms with Gasteiger partial charge in [0.15, 0.2) is 5.16 Å². The summed E-state index contributed by atoms with van der Waals surface area (Å²) in [5, 5.41) is 12.8. The Hall–Kier alpha value is -3.15. The van der Waals surface area contributed by atoms with Crippen LogP contribution < -0.4 is 10.9 Å². The fourth-order valence-electron chi connectivity index (χ4n) is 2.92. The first-order chi connectivity index (χ1) is 14.6. The molecule has 3 rings (SSSR count). The van der Waals surface area contributed by atoms with E-state index in [1.54, 1.807) is 41.0 Å². The lowest BCUT2D eigenvalue weighted by atomic mass is 10.2. The van der Waals surface area contributed by atoms with E-state index in [0.29, 0.717) is 53.5 Å². The van der Waals surface area contributed by atoms with E-state index in [-0.39, 0.29) is 17.2 Å². The Bertz CT molecular complexity index is 1140. The van der Waals surface area contributed by atoms with Crippen molar-refractivity contribution in [3.05, 3.63) is 64.4 Å². The van der Waals surface area contributed by atoms with Gasteiger partial charge in [-0.15, -0.1) is 0 Å². The van der Waals surface area contributed by atoms with Gasteiger partial charge in [0.25, 0.3) is 5.56 Å². The number of carbonyl (C=O) groups excluding carboxylic acids is 1. The van der Waals surface area contributed by atoms with Gasteiger partial charge in [-0.1, -0.05) is 30.0 Å². The van der Waals surface area contributed by atoms with Crippen LogP contribution in [-0.4, -0.2) is 34.4 Å². The zero-order valence-electron chi connectivity index (χ0n) is 16.6. The van der Waals surface area contributed by atoms with Crippen LogP contribution in [0.2, 0.25) is 0 Å². The summed E-state index contributed by atoms with van der Waals surface area (Å²) in [6.45, 7) is 3.57. The van der Waals surface area contributed by atoms with Crippen LogP contribution in [0.1, 0.15) is 18.9 Å². The molecule has 1 aromatic heterocycles. The first-order valence-corrected chi connectivity index (χ1v) is 10.6. The summed E-state index contributed by atoms with van der Waals surface area (Å²) in [6, 6.07) is 15.9. The number of hydrogen-bond acceptors (Lipinski definition) is 6. The number of anilines is 1. The van der Waals surface area contributed by atoms with Crippen molar-refractivity contribution in [3.63, 3.8) is 0 Å². The largest absolute Gasteiger partial charge is 0.382 e. The van der Waals surface area contributed by atoms with Crippen LogP contribution in [0.25, 0.3) is 10.9 Å². The molecule has 1 amide bonds. The Morgan fingerprint density at radius 1 is 1.27 bits per heavy atom. The van der Waals surface area contributed by atoms with E-state index in [2.05, 4.69) is 10.3 Å². The van der Waals surface area contributed by atoms with Crippen LogP contribution in [0.3, 0.4) is 0 Å². The van der Waals surface area contributed by atoms with Gasteiger partial charge in [-0.25, -0.2) is 4.98 Å². The second-order valence-corrected chi connectivity index (χ2v) is 7.39. The first-order valence-electron chi connectivity index (χ1n) is 9.62. The monoisotopic (exact) mass is 422 g/mol. The van der Waals surface area contributed by atoms with E-state index in [0.717, 1.165) is 0 Å². The molecule has 0 saturated carbocycles. The molecule has 3 aromatic rings. The van der Waals surface area contributed by atoms with Gasteiger partial charge in [0.05, 0.1) is 28.3 Å². The lowest BCUT2D eigenvalue weighted by Gasteiger charge is -2.13. The van der Waals surface area contributed by atoms with Gasteiger partial charge in [0, 0.05) is 25.4 Å². The summed E-state index contributed by atoms with van der Waals surface area (Å²) in [4.78, 5) is 30.0. The minimum atomic E-state index is -0.238. The zero-order valence-corrected chi connectivity index (χ0v) is 17.4. The van der Waals surface area contributed by atoms with Gasteiger partial charge >= 0.3 is 0 Å². The summed E-state index contributed by atoms with van der Waals surface area (Å²) in [5.74, 6) is -0.147. The third-order valence-electron chi connectivity index (χ3n) is 4.31. The molecule has 0 spiro atoms. The number of ether oxygens (including phenoxy) is 1. The van der Waals surface area contributed by atoms with Crippen molar-refractivity contribution in [2.24, 2.45) is 0 Å². The summed E-state index contributed by atoms with van der Waals surface area (Å²) < 4.78 is 6.98. The van der Waals surface area contributed by atoms with E-state index in [4.69, 9.17) is 10.00 Å². The average molecular weight is 423 g/mol. The normalized spacial score (nSPS) is 10.7. The molecule has 1 N–H and O–H groups in total. The van der Waals surface area contributed by atoms with Crippen LogP contribution in [0.5, 0.6) is 0 Å². The van der Waals surface area contributed by atoms with Crippen LogP contribution in [0.15, 0.2) is 58.5 Å². The zero-order chi connectivity index (χ0) is 21.3. The summed E-state index contributed by atoms with van der Waals surface area (Å²) >= 11 is 1.21. The molecule has 0 unspecified atom stereocenters. The number of benzene rings is 2. The second kappa shape index (κ2) is 10.6. The molecule has 0 aliphatic rings. The predicted octanol–water partition coefficient (Wildman–Crippen LogP) is 3.43. The van der Waals surface area contributed by atoms with Gasteiger partial charge in [0.2, 0.25) is 5.91 Å². The predicted molar refractivity (Wildman–Crippen MR) is 118 cm³/mol. The van der Waals surface area contributed by atoms with Crippen molar-refractivity contribution >= 4 is 34.3 Å². The Morgan fingerprint density at radius 2 is 2.10 bits per heavy atom. The molecule has 2 aromatic carbocycles. The maximum Gasteiger partial charge on any atom is 0.262 e. The number of para-hydroxylation sites is 1. The Labute approximate surface area is 178 Å². The maximum absolute atomic E-state index is 13.0. The number of hydrogen-bond donors (Lipinski definition) is 1. The molecule has 8 heteroatoms. The lowest BCUT2D eigenvalue weighted by Crippen LogP contribution is -2.25. The molecule has 0 aliphatic carbocycles. The topological polar surface area (TPSA) is 97.0 Å². The maximum atomic E-state index is 13.0. The smallest absolute Gasteiger partial charge is 0.262 e. The van der Waals surface area contributed by atoms with Crippen molar-refractivity contribution in [2.45, 2.75) is 25.0 Å². The van der Waals surface area contributed by atoms with Crippen LogP contribution in [0.4, 0.5) is 5.69 Å². The molecule has 0 bridgehead atoms. The van der Waals surface area contributed by atoms with Crippen LogP contribution >= 0.6 is 11.8 Å². The van der Waals surface area contributed by atoms with Gasteiger partial charge in [0.1, 0.15) is 0 Å². The van der Waals surface area contributed by atoms with Crippen molar-refractivity contribution < 1.29 is 9.53 Å². The third-order valence-corrected chi connectivity index (χ3v) is 5.29. The quantitative estimate of drug-likeness (QED) is 0.322. The average Bonchev–Trinajstić information content (AvgIpc) is 2.77. The number of thioether (sulfide) groups is 1. The molecule has 0 aliphatic heterocycles. The van der Waals surface area contributed by atoms with E-state index in [9.17, 15) is 9.59 Å². The van der Waals surface area contributed by atoms with Gasteiger partial charge < -0.3 is 10.1 Å². The Balaban J connectivity index is 1.77. The Kier molecular flexibility index (Phi) is 7.60. The van der Waals surface area contributed by atoms with Crippen molar-refractivity contribution in [2.75, 3.05) is 24.3 Å². The molecular formula is C22H22N4O3S. The third kappa shape index (κ3) is 5.47. The standard InChI is InChI=1S/C22H22N4O3S/c1-2-29-12-6-11-26-21(28)18-9-3-4-10-19(18)25-22(26)30-15-20(27)24-17-8-5-7-16(13-17)14-23/h3-5,7-10,13H,2,6,11-12,15H2,1H3,(H,24,27). The van der Waals surface area contributed by atoms with E-state index in [1.165, 1.54) is 11.8 Å². The fraction of sp³-hybridized carbons (Fsp3) is 0.273. The minimum absolute atomic E-state index is 0.0903. The van der Waals surface area contributed by atoms with E-state index in [1.807, 2.05) is 25.1 Å². The van der Waals surface area contributed by atoms with Crippen LogP contribution in [0, 0.1) is 11.3 Å². The summed E-state index contributed by atoms with van der Waals surface area (Å²) in [5.41, 5.74) is 1.51. The van der Waals surface area contributed by atoms with Gasteiger partial charge in [-0.05, 0) is 43.7 Å². The molecule has 0 radical (unpaired) electrons. The Morgan fingerprint density at radius 3 is 2.90 bits per heavy atom. The highest BCUT2D eigenvalue weighted by molar-refractivity contribution is 7.99. The van der Waals surface area contributed by atoms with Crippen LogP contribution in [-0.2, 0) is 16.1 Å². The summed E-state index contributed by atoms with van der Waals surface area (Å²) in [7, 11) is 0. The van der Waals surface area contributed by atoms with Crippen molar-refractivity contribution in [1.29, 1.82) is 5.26 Å². The molecule has 154 valence electrons. The number of fused-ring (bicyclic) bond motifs is 1. The number of aromatic nitrogens is 2. The fourth-order valence-corrected chi connectivity index (χ4v) is 3.74. The molecule has 30 heavy (non-hydrogen) atoms. The van der Waals surface area contributed by atoms with Gasteiger partial charge in [-0.3, -0.25) is 14.2 Å². The number of rotatable bonds is 9. The molecule has 1 heterocycles. The highest BCUT2D eigenvalue weighted by Gasteiger charge is 2.13. The SMILES string of the molecule is CCOCCCn1c(SCC(=O)Nc2cccc(C#N)c2)nc2ccccc2c1=O. The number of nitrogens with zero attached hydrogens (tertiary/aromatic N) is 3. The molecule has 7 nitrogen and oxygen atoms in total. The van der Waals surface area contributed by atoms with E-state index >= 15 is 0 Å². The van der Waals surface area contributed by atoms with Crippen molar-refractivity contribution in [3.8, 4) is 6.07 Å². The van der Waals surface area contributed by atoms with E-state index < -0.39 is 0 Å². The highest BCUT2D eigenvalue weighted by Crippen LogP contribution is 2.19. The van der Waals surface area contributed by atoms with Crippen molar-refractivity contribution in [1.82, 2.24) is 9.55 Å². The second-order valence-electron chi connectivity index (χ2n) is 6.45. The molecular weight excluding hydrogens is 400 g/mol. The molecule has 0 fully saturated rings.